The Labute approximate surface area is 282 Å². The number of unbranched alkanes of at least 4 members (excludes halogenated alkanes) is 3. The fraction of sp³-hybridized carbons (Fsp3) is 0.333. The number of nitrogens with two attached hydrogens (primary N) is 2. The van der Waals surface area contributed by atoms with Crippen molar-refractivity contribution in [3.63, 3.8) is 0 Å². The standard InChI is InChI=1S/C19H25N3O3.C17H22N4O2/c20-19(24)17-14-22-11-9-18(17)25-16-7-5-15(6-8-16)13-21-10-3-1-2-4-12-23;1-21(2)10-9-20-11-13-3-5-14(6-4-13)23-16-7-8-19-12-15(16)17(18)22/h5-9,11,14,21,23H,1-4,10,12-13H2,(H2,20,24);3-8,12,20H,9-11H2,1-2H3,(H2,18,22). The molecule has 0 aliphatic rings. The van der Waals surface area contributed by atoms with Gasteiger partial charge in [-0.15, -0.1) is 0 Å². The maximum absolute atomic E-state index is 11.4. The second kappa shape index (κ2) is 21.1. The van der Waals surface area contributed by atoms with Crippen LogP contribution in [0.5, 0.6) is 23.0 Å². The molecule has 0 atom stereocenters. The van der Waals surface area contributed by atoms with Crippen molar-refractivity contribution in [1.82, 2.24) is 25.5 Å². The fourth-order valence-corrected chi connectivity index (χ4v) is 4.40. The summed E-state index contributed by atoms with van der Waals surface area (Å²) in [4.78, 5) is 32.6. The Balaban J connectivity index is 0.000000261. The number of hydrogen-bond donors (Lipinski definition) is 5. The number of ether oxygens (including phenoxy) is 2. The number of carbonyl (C=O) groups is 2. The van der Waals surface area contributed by atoms with Gasteiger partial charge in [-0.3, -0.25) is 19.6 Å². The minimum Gasteiger partial charge on any atom is -0.456 e. The van der Waals surface area contributed by atoms with Gasteiger partial charge in [-0.2, -0.15) is 0 Å². The summed E-state index contributed by atoms with van der Waals surface area (Å²) < 4.78 is 11.4. The summed E-state index contributed by atoms with van der Waals surface area (Å²) in [6.45, 7) is 4.77. The summed E-state index contributed by atoms with van der Waals surface area (Å²) in [7, 11) is 4.10. The zero-order chi connectivity index (χ0) is 34.6. The summed E-state index contributed by atoms with van der Waals surface area (Å²) in [5.74, 6) is 0.968. The number of nitrogens with zero attached hydrogens (tertiary/aromatic N) is 3. The maximum atomic E-state index is 11.4. The maximum Gasteiger partial charge on any atom is 0.254 e. The van der Waals surface area contributed by atoms with E-state index < -0.39 is 11.8 Å². The summed E-state index contributed by atoms with van der Waals surface area (Å²) in [6, 6.07) is 18.7. The number of aliphatic hydroxyl groups excluding tert-OH is 1. The van der Waals surface area contributed by atoms with Gasteiger partial charge in [0, 0.05) is 57.6 Å². The van der Waals surface area contributed by atoms with Crippen molar-refractivity contribution >= 4 is 11.8 Å². The van der Waals surface area contributed by atoms with E-state index in [1.807, 2.05) is 62.6 Å². The minimum absolute atomic E-state index is 0.259. The van der Waals surface area contributed by atoms with Crippen LogP contribution in [0.1, 0.15) is 57.5 Å². The molecule has 0 fully saturated rings. The lowest BCUT2D eigenvalue weighted by Gasteiger charge is -2.11. The lowest BCUT2D eigenvalue weighted by atomic mass is 10.2. The molecule has 0 aliphatic carbocycles. The van der Waals surface area contributed by atoms with E-state index in [9.17, 15) is 9.59 Å². The third kappa shape index (κ3) is 13.9. The lowest BCUT2D eigenvalue weighted by Crippen LogP contribution is -2.26. The van der Waals surface area contributed by atoms with E-state index in [-0.39, 0.29) is 17.7 Å². The largest absolute Gasteiger partial charge is 0.456 e. The number of likely N-dealkylation sites (N-methyl/N-ethyl adjacent to an activating group) is 1. The van der Waals surface area contributed by atoms with Gasteiger partial charge in [0.15, 0.2) is 0 Å². The molecule has 4 rings (SSSR count). The van der Waals surface area contributed by atoms with Gasteiger partial charge in [-0.25, -0.2) is 0 Å². The van der Waals surface area contributed by atoms with Gasteiger partial charge in [-0.05, 0) is 81.0 Å². The second-order valence-electron chi connectivity index (χ2n) is 11.3. The monoisotopic (exact) mass is 657 g/mol. The number of aromatic nitrogens is 2. The van der Waals surface area contributed by atoms with E-state index in [0.717, 1.165) is 64.0 Å². The molecule has 48 heavy (non-hydrogen) atoms. The van der Waals surface area contributed by atoms with Crippen LogP contribution in [0.4, 0.5) is 0 Å². The first-order chi connectivity index (χ1) is 23.3. The Bertz CT molecular complexity index is 1530. The van der Waals surface area contributed by atoms with E-state index in [1.54, 1.807) is 24.5 Å². The van der Waals surface area contributed by atoms with Crippen LogP contribution < -0.4 is 31.6 Å². The third-order valence-corrected chi connectivity index (χ3v) is 7.05. The Morgan fingerprint density at radius 1 is 0.688 bits per heavy atom. The highest BCUT2D eigenvalue weighted by Gasteiger charge is 2.11. The number of hydrogen-bond acceptors (Lipinski definition) is 10. The fourth-order valence-electron chi connectivity index (χ4n) is 4.40. The topological polar surface area (TPSA) is 178 Å². The van der Waals surface area contributed by atoms with Crippen LogP contribution in [0.15, 0.2) is 85.5 Å². The molecule has 2 aromatic heterocycles. The average molecular weight is 658 g/mol. The van der Waals surface area contributed by atoms with E-state index in [4.69, 9.17) is 26.0 Å². The van der Waals surface area contributed by atoms with Crippen LogP contribution in [-0.2, 0) is 13.1 Å². The molecule has 2 amide bonds. The lowest BCUT2D eigenvalue weighted by molar-refractivity contribution is 0.0989. The van der Waals surface area contributed by atoms with Gasteiger partial charge in [-0.1, -0.05) is 37.1 Å². The molecule has 0 unspecified atom stereocenters. The van der Waals surface area contributed by atoms with Gasteiger partial charge in [0.25, 0.3) is 11.8 Å². The minimum atomic E-state index is -0.567. The summed E-state index contributed by atoms with van der Waals surface area (Å²) in [5, 5.41) is 15.5. The highest BCUT2D eigenvalue weighted by molar-refractivity contribution is 5.95. The number of pyridine rings is 2. The Morgan fingerprint density at radius 2 is 1.15 bits per heavy atom. The van der Waals surface area contributed by atoms with Crippen molar-refractivity contribution in [1.29, 1.82) is 0 Å². The van der Waals surface area contributed by atoms with E-state index >= 15 is 0 Å². The van der Waals surface area contributed by atoms with Crippen molar-refractivity contribution in [2.45, 2.75) is 38.8 Å². The van der Waals surface area contributed by atoms with E-state index in [2.05, 4.69) is 25.5 Å². The van der Waals surface area contributed by atoms with Gasteiger partial charge in [0.2, 0.25) is 0 Å². The summed E-state index contributed by atoms with van der Waals surface area (Å²) in [5.41, 5.74) is 13.5. The predicted octanol–water partition coefficient (Wildman–Crippen LogP) is 4.24. The zero-order valence-corrected chi connectivity index (χ0v) is 27.7. The number of primary amides is 2. The van der Waals surface area contributed by atoms with Crippen molar-refractivity contribution in [3.8, 4) is 23.0 Å². The average Bonchev–Trinajstić information content (AvgIpc) is 3.08. The van der Waals surface area contributed by atoms with Crippen LogP contribution in [0, 0.1) is 0 Å². The zero-order valence-electron chi connectivity index (χ0n) is 27.7. The molecular weight excluding hydrogens is 610 g/mol. The molecule has 7 N–H and O–H groups in total. The van der Waals surface area contributed by atoms with Crippen LogP contribution >= 0.6 is 0 Å². The van der Waals surface area contributed by atoms with Crippen molar-refractivity contribution in [2.75, 3.05) is 40.3 Å². The van der Waals surface area contributed by atoms with Crippen molar-refractivity contribution in [3.05, 3.63) is 108 Å². The molecule has 12 nitrogen and oxygen atoms in total. The molecule has 0 aliphatic heterocycles. The molecule has 0 radical (unpaired) electrons. The summed E-state index contributed by atoms with van der Waals surface area (Å²) in [6.07, 6.45) is 10.1. The molecule has 4 aromatic rings. The van der Waals surface area contributed by atoms with Crippen LogP contribution in [-0.4, -0.2) is 72.1 Å². The van der Waals surface area contributed by atoms with Gasteiger partial charge >= 0.3 is 0 Å². The molecule has 0 saturated carbocycles. The van der Waals surface area contributed by atoms with Crippen LogP contribution in [0.25, 0.3) is 0 Å². The van der Waals surface area contributed by atoms with Crippen LogP contribution in [0.2, 0.25) is 0 Å². The first-order valence-corrected chi connectivity index (χ1v) is 15.9. The second-order valence-corrected chi connectivity index (χ2v) is 11.3. The molecular formula is C36H47N7O5. The Kier molecular flexibility index (Phi) is 16.5. The molecule has 0 saturated heterocycles. The SMILES string of the molecule is CN(C)CCNCc1ccc(Oc2ccncc2C(N)=O)cc1.NC(=O)c1cnccc1Oc1ccc(CNCCCCCCO)cc1. The molecule has 2 heterocycles. The quantitative estimate of drug-likeness (QED) is 0.0917. The highest BCUT2D eigenvalue weighted by Crippen LogP contribution is 2.25. The molecule has 0 bridgehead atoms. The molecule has 12 heteroatoms. The number of amides is 2. The molecule has 256 valence electrons. The number of benzene rings is 2. The molecule has 0 spiro atoms. The number of nitrogens with one attached hydrogen (secondary N) is 2. The molecule has 2 aromatic carbocycles. The number of rotatable bonds is 19. The van der Waals surface area contributed by atoms with Crippen molar-refractivity contribution < 1.29 is 24.2 Å². The predicted molar refractivity (Wildman–Crippen MR) is 186 cm³/mol. The van der Waals surface area contributed by atoms with Crippen molar-refractivity contribution in [2.24, 2.45) is 11.5 Å². The van der Waals surface area contributed by atoms with E-state index in [1.165, 1.54) is 18.0 Å². The van der Waals surface area contributed by atoms with E-state index in [0.29, 0.717) is 23.0 Å². The van der Waals surface area contributed by atoms with Gasteiger partial charge < -0.3 is 41.6 Å². The Hall–Kier alpha value is -4.88. The Morgan fingerprint density at radius 3 is 1.58 bits per heavy atom. The first kappa shape index (κ1) is 37.6. The van der Waals surface area contributed by atoms with Gasteiger partial charge in [0.1, 0.15) is 34.1 Å². The van der Waals surface area contributed by atoms with Crippen LogP contribution in [0.3, 0.4) is 0 Å². The van der Waals surface area contributed by atoms with Gasteiger partial charge in [0.05, 0.1) is 0 Å². The highest BCUT2D eigenvalue weighted by atomic mass is 16.5. The summed E-state index contributed by atoms with van der Waals surface area (Å²) >= 11 is 0. The third-order valence-electron chi connectivity index (χ3n) is 7.05. The number of carbonyl (C=O) groups excluding carboxylic acids is 2. The normalized spacial score (nSPS) is 10.7. The smallest absolute Gasteiger partial charge is 0.254 e. The number of aliphatic hydroxyl groups is 1. The first-order valence-electron chi connectivity index (χ1n) is 15.9.